The van der Waals surface area contributed by atoms with Crippen molar-refractivity contribution in [1.82, 2.24) is 0 Å². The molecule has 2 nitrogen and oxygen atoms in total. The first-order valence-corrected chi connectivity index (χ1v) is 23.5. The molecule has 0 bridgehead atoms. The summed E-state index contributed by atoms with van der Waals surface area (Å²) in [7, 11) is 0. The molecule has 0 saturated heterocycles. The van der Waals surface area contributed by atoms with E-state index in [1.54, 1.807) is 58.3 Å². The first-order chi connectivity index (χ1) is 35.9. The highest BCUT2D eigenvalue weighted by Crippen LogP contribution is 2.50. The molecule has 0 atom stereocenters. The summed E-state index contributed by atoms with van der Waals surface area (Å²) in [5, 5.41) is 4.45. The van der Waals surface area contributed by atoms with Crippen LogP contribution in [0.2, 0.25) is 0 Å². The van der Waals surface area contributed by atoms with Crippen LogP contribution in [0.4, 0.5) is 69.2 Å². The second-order valence-electron chi connectivity index (χ2n) is 18.0. The second kappa shape index (κ2) is 18.4. The third kappa shape index (κ3) is 8.39. The van der Waals surface area contributed by atoms with Crippen LogP contribution in [0.25, 0.3) is 76.8 Å². The summed E-state index contributed by atoms with van der Waals surface area (Å²) in [6.07, 6.45) is 0. The number of halogens is 8. The summed E-state index contributed by atoms with van der Waals surface area (Å²) in [5.74, 6) is -5.01. The molecule has 0 aliphatic rings. The second-order valence-corrected chi connectivity index (χ2v) is 18.0. The molecule has 12 aromatic rings. The smallest absolute Gasteiger partial charge is 0.150 e. The number of hydrogen-bond acceptors (Lipinski definition) is 2. The zero-order chi connectivity index (χ0) is 50.8. The Kier molecular flexibility index (Phi) is 11.4. The molecular formula is C64H36F8N2. The van der Waals surface area contributed by atoms with E-state index in [4.69, 9.17) is 0 Å². The molecule has 0 unspecified atom stereocenters. The van der Waals surface area contributed by atoms with Gasteiger partial charge in [-0.25, -0.2) is 35.1 Å². The van der Waals surface area contributed by atoms with Gasteiger partial charge in [-0.1, -0.05) is 84.9 Å². The highest BCUT2D eigenvalue weighted by molar-refractivity contribution is 6.28. The summed E-state index contributed by atoms with van der Waals surface area (Å²) in [5.41, 5.74) is 7.05. The topological polar surface area (TPSA) is 6.48 Å². The first-order valence-electron chi connectivity index (χ1n) is 23.5. The fraction of sp³-hybridized carbons (Fsp3) is 0. The Balaban J connectivity index is 1.11. The monoisotopic (exact) mass is 984 g/mol. The molecule has 0 N–H and O–H groups in total. The van der Waals surface area contributed by atoms with Gasteiger partial charge in [-0.3, -0.25) is 0 Å². The van der Waals surface area contributed by atoms with Gasteiger partial charge in [0.2, 0.25) is 0 Å². The van der Waals surface area contributed by atoms with Crippen molar-refractivity contribution >= 4 is 66.4 Å². The van der Waals surface area contributed by atoms with Crippen LogP contribution in [0.1, 0.15) is 0 Å². The number of anilines is 6. The first kappa shape index (κ1) is 45.8. The average Bonchev–Trinajstić information content (AvgIpc) is 3.41. The normalized spacial score (nSPS) is 11.5. The summed E-state index contributed by atoms with van der Waals surface area (Å²) >= 11 is 0. The zero-order valence-electron chi connectivity index (χ0n) is 38.7. The molecule has 0 aliphatic carbocycles. The fourth-order valence-electron chi connectivity index (χ4n) is 10.0. The Morgan fingerprint density at radius 1 is 0.216 bits per heavy atom. The predicted molar refractivity (Wildman–Crippen MR) is 281 cm³/mol. The molecule has 74 heavy (non-hydrogen) atoms. The van der Waals surface area contributed by atoms with Gasteiger partial charge >= 0.3 is 0 Å². The van der Waals surface area contributed by atoms with Gasteiger partial charge in [0.15, 0.2) is 0 Å². The summed E-state index contributed by atoms with van der Waals surface area (Å²) in [6, 6.07) is 56.7. The Bertz CT molecular complexity index is 3710. The Morgan fingerprint density at radius 2 is 0.486 bits per heavy atom. The maximum Gasteiger partial charge on any atom is 0.150 e. The van der Waals surface area contributed by atoms with E-state index in [0.717, 1.165) is 33.7 Å². The molecular weight excluding hydrogens is 949 g/mol. The molecule has 0 heterocycles. The lowest BCUT2D eigenvalue weighted by Gasteiger charge is -2.30. The summed E-state index contributed by atoms with van der Waals surface area (Å²) in [4.78, 5) is 3.39. The van der Waals surface area contributed by atoms with Crippen molar-refractivity contribution in [2.24, 2.45) is 0 Å². The largest absolute Gasteiger partial charge is 0.307 e. The highest BCUT2D eigenvalue weighted by Gasteiger charge is 2.26. The average molecular weight is 985 g/mol. The van der Waals surface area contributed by atoms with Gasteiger partial charge in [0.1, 0.15) is 46.5 Å². The van der Waals surface area contributed by atoms with Gasteiger partial charge in [0.25, 0.3) is 0 Å². The molecule has 10 heteroatoms. The van der Waals surface area contributed by atoms with E-state index in [-0.39, 0.29) is 11.4 Å². The lowest BCUT2D eigenvalue weighted by molar-refractivity contribution is 0.583. The van der Waals surface area contributed by atoms with E-state index in [1.807, 2.05) is 84.9 Å². The van der Waals surface area contributed by atoms with Crippen LogP contribution in [0.3, 0.4) is 0 Å². The molecule has 0 aliphatic heterocycles. The minimum Gasteiger partial charge on any atom is -0.307 e. The molecule has 0 aromatic heterocycles. The highest BCUT2D eigenvalue weighted by atomic mass is 19.2. The van der Waals surface area contributed by atoms with Crippen LogP contribution in [0.5, 0.6) is 0 Å². The molecule has 0 radical (unpaired) electrons. The van der Waals surface area contributed by atoms with Crippen molar-refractivity contribution < 1.29 is 35.1 Å². The van der Waals surface area contributed by atoms with E-state index in [2.05, 4.69) is 0 Å². The van der Waals surface area contributed by atoms with E-state index in [0.29, 0.717) is 78.0 Å². The van der Waals surface area contributed by atoms with Crippen LogP contribution in [0.15, 0.2) is 218 Å². The standard InChI is InChI=1S/C64H36F8N2/c65-47-13-1-37(2-14-47)43-29-44(38-3-15-48(66)16-4-38)32-53(31-43)73(61-27-21-51(69)35-57(61)71)59-25-11-41-10-24-56-60(26-12-42-9-23-55(59)63(41)64(42)56)74(62-28-22-52(70)36-58(62)72)54-33-45(39-5-17-49(67)18-6-39)30-46(34-54)40-7-19-50(68)20-8-40/h1-36H. The van der Waals surface area contributed by atoms with Gasteiger partial charge in [-0.2, -0.15) is 0 Å². The van der Waals surface area contributed by atoms with Gasteiger partial charge in [-0.05, 0) is 187 Å². The quantitative estimate of drug-likeness (QED) is 0.0995. The van der Waals surface area contributed by atoms with E-state index in [9.17, 15) is 26.3 Å². The van der Waals surface area contributed by atoms with Gasteiger partial charge in [-0.15, -0.1) is 0 Å². The van der Waals surface area contributed by atoms with E-state index >= 15 is 8.78 Å². The van der Waals surface area contributed by atoms with Crippen molar-refractivity contribution in [2.45, 2.75) is 0 Å². The van der Waals surface area contributed by atoms with E-state index in [1.165, 1.54) is 72.8 Å². The predicted octanol–water partition coefficient (Wildman–Crippen LogP) is 19.3. The summed E-state index contributed by atoms with van der Waals surface area (Å²) in [6.45, 7) is 0. The maximum absolute atomic E-state index is 16.6. The van der Waals surface area contributed by atoms with Crippen LogP contribution in [-0.4, -0.2) is 0 Å². The minimum atomic E-state index is -0.853. The van der Waals surface area contributed by atoms with Crippen molar-refractivity contribution in [3.8, 4) is 44.5 Å². The van der Waals surface area contributed by atoms with Crippen LogP contribution < -0.4 is 9.80 Å². The Labute approximate surface area is 419 Å². The molecule has 0 saturated carbocycles. The number of rotatable bonds is 10. The SMILES string of the molecule is Fc1ccc(-c2cc(-c3ccc(F)cc3)cc(N(c3ccc(F)cc3F)c3ccc4ccc5c(N(c6cc(-c7ccc(F)cc7)cc(-c7ccc(F)cc7)c6)c6ccc(F)cc6F)ccc6ccc3c4c65)c2)cc1. The lowest BCUT2D eigenvalue weighted by Crippen LogP contribution is -2.14. The van der Waals surface area contributed by atoms with Crippen LogP contribution >= 0.6 is 0 Å². The third-order valence-electron chi connectivity index (χ3n) is 13.5. The molecule has 358 valence electrons. The maximum atomic E-state index is 16.6. The van der Waals surface area contributed by atoms with Crippen molar-refractivity contribution in [2.75, 3.05) is 9.80 Å². The van der Waals surface area contributed by atoms with Crippen molar-refractivity contribution in [3.63, 3.8) is 0 Å². The Morgan fingerprint density at radius 3 is 0.784 bits per heavy atom. The van der Waals surface area contributed by atoms with Crippen LogP contribution in [0, 0.1) is 46.5 Å². The lowest BCUT2D eigenvalue weighted by atomic mass is 9.91. The van der Waals surface area contributed by atoms with Gasteiger partial charge in [0.05, 0.1) is 22.7 Å². The molecule has 0 amide bonds. The van der Waals surface area contributed by atoms with Gasteiger partial charge < -0.3 is 9.80 Å². The number of benzene rings is 12. The number of nitrogens with zero attached hydrogens (tertiary/aromatic N) is 2. The van der Waals surface area contributed by atoms with Crippen molar-refractivity contribution in [3.05, 3.63) is 265 Å². The van der Waals surface area contributed by atoms with E-state index < -0.39 is 46.5 Å². The van der Waals surface area contributed by atoms with Crippen molar-refractivity contribution in [1.29, 1.82) is 0 Å². The third-order valence-corrected chi connectivity index (χ3v) is 13.5. The zero-order valence-corrected chi connectivity index (χ0v) is 38.7. The molecule has 12 aromatic carbocycles. The molecule has 0 fully saturated rings. The summed E-state index contributed by atoms with van der Waals surface area (Å²) < 4.78 is 120. The minimum absolute atomic E-state index is 0.0133. The fourth-order valence-corrected chi connectivity index (χ4v) is 10.0. The Hall–Kier alpha value is -9.28. The number of hydrogen-bond donors (Lipinski definition) is 0. The molecule has 12 rings (SSSR count). The molecule has 0 spiro atoms. The van der Waals surface area contributed by atoms with Gasteiger partial charge in [0, 0.05) is 34.3 Å². The van der Waals surface area contributed by atoms with Crippen LogP contribution in [-0.2, 0) is 0 Å².